The van der Waals surface area contributed by atoms with Crippen LogP contribution in [0.5, 0.6) is 0 Å². The number of nitrogens with zero attached hydrogens (tertiary/aromatic N) is 1. The highest BCUT2D eigenvalue weighted by Crippen LogP contribution is 2.55. The third-order valence-electron chi connectivity index (χ3n) is 3.21. The molecule has 0 radical (unpaired) electrons. The van der Waals surface area contributed by atoms with Crippen LogP contribution in [0.4, 0.5) is 0 Å². The molecule has 0 aliphatic heterocycles. The highest BCUT2D eigenvalue weighted by Gasteiger charge is 2.43. The summed E-state index contributed by atoms with van der Waals surface area (Å²) in [6, 6.07) is 4.31. The fourth-order valence-corrected chi connectivity index (χ4v) is 2.36. The minimum atomic E-state index is 0.750. The number of hydrogen-bond acceptors (Lipinski definition) is 1. The molecule has 0 N–H and O–H groups in total. The van der Waals surface area contributed by atoms with Gasteiger partial charge in [-0.05, 0) is 37.8 Å². The van der Waals surface area contributed by atoms with Crippen LogP contribution < -0.4 is 0 Å². The van der Waals surface area contributed by atoms with Gasteiger partial charge in [0.2, 0.25) is 0 Å². The van der Waals surface area contributed by atoms with E-state index in [0.717, 1.165) is 17.5 Å². The Morgan fingerprint density at radius 3 is 2.92 bits per heavy atom. The first-order chi connectivity index (χ1) is 6.25. The molecule has 13 heavy (non-hydrogen) atoms. The first-order valence-corrected chi connectivity index (χ1v) is 4.91. The van der Waals surface area contributed by atoms with Crippen LogP contribution in [0.25, 0.3) is 6.08 Å². The molecule has 0 aromatic carbocycles. The highest BCUT2D eigenvalue weighted by molar-refractivity contribution is 5.62. The van der Waals surface area contributed by atoms with Crippen molar-refractivity contribution in [3.63, 3.8) is 0 Å². The predicted octanol–water partition coefficient (Wildman–Crippen LogP) is 2.91. The molecule has 0 amide bonds. The molecule has 66 valence electrons. The molecule has 0 spiro atoms. The van der Waals surface area contributed by atoms with Crippen molar-refractivity contribution in [2.75, 3.05) is 0 Å². The second-order valence-corrected chi connectivity index (χ2v) is 4.26. The van der Waals surface area contributed by atoms with Gasteiger partial charge in [0.15, 0.2) is 0 Å². The van der Waals surface area contributed by atoms with Gasteiger partial charge in [0.25, 0.3) is 0 Å². The number of rotatable bonds is 0. The number of aromatic nitrogens is 1. The molecule has 1 heterocycles. The largest absolute Gasteiger partial charge is 0.257 e. The Balaban J connectivity index is 2.21. The van der Waals surface area contributed by atoms with Gasteiger partial charge in [0.1, 0.15) is 0 Å². The number of hydrogen-bond donors (Lipinski definition) is 0. The van der Waals surface area contributed by atoms with Crippen LogP contribution >= 0.6 is 0 Å². The topological polar surface area (TPSA) is 12.9 Å². The van der Waals surface area contributed by atoms with Crippen molar-refractivity contribution < 1.29 is 0 Å². The minimum Gasteiger partial charge on any atom is -0.257 e. The van der Waals surface area contributed by atoms with Crippen LogP contribution in [0.3, 0.4) is 0 Å². The Kier molecular flexibility index (Phi) is 1.25. The lowest BCUT2D eigenvalue weighted by Gasteiger charge is -2.12. The first kappa shape index (κ1) is 7.31. The molecule has 1 saturated carbocycles. The molecule has 2 aliphatic rings. The van der Waals surface area contributed by atoms with Crippen LogP contribution in [-0.2, 0) is 0 Å². The average Bonchev–Trinajstić information content (AvgIpc) is 2.86. The van der Waals surface area contributed by atoms with Gasteiger partial charge >= 0.3 is 0 Å². The number of fused-ring (bicyclic) bond motifs is 3. The molecule has 2 atom stereocenters. The van der Waals surface area contributed by atoms with E-state index in [1.165, 1.54) is 17.7 Å². The Bertz CT molecular complexity index is 404. The van der Waals surface area contributed by atoms with Gasteiger partial charge < -0.3 is 0 Å². The zero-order valence-electron chi connectivity index (χ0n) is 8.04. The maximum Gasteiger partial charge on any atom is 0.0516 e. The summed E-state index contributed by atoms with van der Waals surface area (Å²) >= 11 is 0. The zero-order chi connectivity index (χ0) is 9.00. The van der Waals surface area contributed by atoms with Crippen LogP contribution in [0.2, 0.25) is 0 Å². The van der Waals surface area contributed by atoms with Gasteiger partial charge in [0.05, 0.1) is 5.69 Å². The van der Waals surface area contributed by atoms with E-state index in [0.29, 0.717) is 0 Å². The van der Waals surface area contributed by atoms with E-state index < -0.39 is 0 Å². The molecule has 2 unspecified atom stereocenters. The van der Waals surface area contributed by atoms with Crippen LogP contribution in [0, 0.1) is 12.8 Å². The van der Waals surface area contributed by atoms with Crippen molar-refractivity contribution in [2.45, 2.75) is 26.2 Å². The quantitative estimate of drug-likeness (QED) is 0.585. The molecular formula is C12H13N. The maximum absolute atomic E-state index is 4.63. The summed E-state index contributed by atoms with van der Waals surface area (Å²) in [5.41, 5.74) is 5.39. The molecule has 1 fully saturated rings. The van der Waals surface area contributed by atoms with Crippen molar-refractivity contribution in [1.29, 1.82) is 0 Å². The van der Waals surface area contributed by atoms with Gasteiger partial charge in [-0.25, -0.2) is 0 Å². The molecule has 0 saturated heterocycles. The van der Waals surface area contributed by atoms with E-state index in [4.69, 9.17) is 0 Å². The van der Waals surface area contributed by atoms with Gasteiger partial charge in [-0.1, -0.05) is 17.7 Å². The summed E-state index contributed by atoms with van der Waals surface area (Å²) in [5, 5.41) is 0. The van der Waals surface area contributed by atoms with E-state index in [1.54, 1.807) is 5.57 Å². The summed E-state index contributed by atoms with van der Waals surface area (Å²) in [6.07, 6.45) is 3.63. The van der Waals surface area contributed by atoms with Crippen LogP contribution in [0.1, 0.15) is 36.2 Å². The summed E-state index contributed by atoms with van der Waals surface area (Å²) in [7, 11) is 0. The molecule has 3 rings (SSSR count). The van der Waals surface area contributed by atoms with Crippen molar-refractivity contribution in [2.24, 2.45) is 5.92 Å². The predicted molar refractivity (Wildman–Crippen MR) is 53.5 cm³/mol. The van der Waals surface area contributed by atoms with Crippen molar-refractivity contribution in [3.05, 3.63) is 34.7 Å². The molecule has 1 heteroatoms. The number of aryl methyl sites for hydroxylation is 1. The second-order valence-electron chi connectivity index (χ2n) is 4.26. The molecule has 2 aliphatic carbocycles. The zero-order valence-corrected chi connectivity index (χ0v) is 8.04. The summed E-state index contributed by atoms with van der Waals surface area (Å²) < 4.78 is 0. The van der Waals surface area contributed by atoms with E-state index in [1.807, 2.05) is 0 Å². The van der Waals surface area contributed by atoms with Crippen LogP contribution in [0.15, 0.2) is 17.7 Å². The second kappa shape index (κ2) is 2.22. The van der Waals surface area contributed by atoms with Crippen molar-refractivity contribution in [3.8, 4) is 0 Å². The summed E-state index contributed by atoms with van der Waals surface area (Å²) in [5.74, 6) is 1.57. The standard InChI is InChI=1S/C12H13N/c1-7-5-9-4-3-8(2)13-12(9)11-6-10(7)11/h3-5,10-11H,6H2,1-2H3. The van der Waals surface area contributed by atoms with Crippen molar-refractivity contribution >= 4 is 6.08 Å². The Labute approximate surface area is 78.5 Å². The van der Waals surface area contributed by atoms with Gasteiger partial charge in [-0.15, -0.1) is 0 Å². The smallest absolute Gasteiger partial charge is 0.0516 e. The fourth-order valence-electron chi connectivity index (χ4n) is 2.36. The normalized spacial score (nSPS) is 28.9. The van der Waals surface area contributed by atoms with Crippen LogP contribution in [-0.4, -0.2) is 4.98 Å². The lowest BCUT2D eigenvalue weighted by Crippen LogP contribution is -2.00. The number of pyridine rings is 1. The summed E-state index contributed by atoms with van der Waals surface area (Å²) in [4.78, 5) is 4.63. The summed E-state index contributed by atoms with van der Waals surface area (Å²) in [6.45, 7) is 4.32. The molecule has 1 nitrogen and oxygen atoms in total. The Morgan fingerprint density at radius 2 is 2.08 bits per heavy atom. The minimum absolute atomic E-state index is 0.750. The van der Waals surface area contributed by atoms with Crippen molar-refractivity contribution in [1.82, 2.24) is 4.98 Å². The molecular weight excluding hydrogens is 158 g/mol. The van der Waals surface area contributed by atoms with E-state index >= 15 is 0 Å². The Hall–Kier alpha value is -1.11. The van der Waals surface area contributed by atoms with E-state index in [9.17, 15) is 0 Å². The number of allylic oxidation sites excluding steroid dienone is 1. The first-order valence-electron chi connectivity index (χ1n) is 4.91. The molecule has 0 bridgehead atoms. The third-order valence-corrected chi connectivity index (χ3v) is 3.21. The monoisotopic (exact) mass is 171 g/mol. The highest BCUT2D eigenvalue weighted by atomic mass is 14.7. The SMILES string of the molecule is CC1=Cc2ccc(C)nc2C2CC12. The fraction of sp³-hybridized carbons (Fsp3) is 0.417. The average molecular weight is 171 g/mol. The lowest BCUT2D eigenvalue weighted by atomic mass is 9.97. The molecule has 1 aromatic rings. The van der Waals surface area contributed by atoms with Gasteiger partial charge in [-0.2, -0.15) is 0 Å². The van der Waals surface area contributed by atoms with E-state index in [2.05, 4.69) is 37.0 Å². The third kappa shape index (κ3) is 0.963. The molecule has 1 aromatic heterocycles. The maximum atomic E-state index is 4.63. The Morgan fingerprint density at radius 1 is 1.23 bits per heavy atom. The lowest BCUT2D eigenvalue weighted by molar-refractivity contribution is 0.882. The van der Waals surface area contributed by atoms with Gasteiger partial charge in [0, 0.05) is 11.6 Å². The van der Waals surface area contributed by atoms with Gasteiger partial charge in [-0.3, -0.25) is 4.98 Å². The van der Waals surface area contributed by atoms with E-state index in [-0.39, 0.29) is 0 Å².